The van der Waals surface area contributed by atoms with Crippen molar-refractivity contribution in [3.63, 3.8) is 0 Å². The Morgan fingerprint density at radius 2 is 2.12 bits per heavy atom. The molecule has 1 aliphatic rings. The smallest absolute Gasteiger partial charge is 0.377 e. The fourth-order valence-corrected chi connectivity index (χ4v) is 1.56. The number of halogens is 3. The summed E-state index contributed by atoms with van der Waals surface area (Å²) in [5.41, 5.74) is 1.20. The predicted molar refractivity (Wildman–Crippen MR) is 56.3 cm³/mol. The second-order valence-electron chi connectivity index (χ2n) is 3.95. The quantitative estimate of drug-likeness (QED) is 0.566. The number of hydrogen-bond acceptors (Lipinski definition) is 2. The first-order chi connectivity index (χ1) is 7.58. The summed E-state index contributed by atoms with van der Waals surface area (Å²) in [6.45, 7) is 2.78. The predicted octanol–water partition coefficient (Wildman–Crippen LogP) is 2.66. The normalized spacial score (nSPS) is 17.3. The molecular weight excluding hydrogens is 219 g/mol. The van der Waals surface area contributed by atoms with Crippen molar-refractivity contribution >= 4 is 0 Å². The Morgan fingerprint density at radius 3 is 2.75 bits per heavy atom. The van der Waals surface area contributed by atoms with Crippen LogP contribution in [0.15, 0.2) is 11.6 Å². The van der Waals surface area contributed by atoms with Crippen LogP contribution in [-0.2, 0) is 4.74 Å². The van der Waals surface area contributed by atoms with Gasteiger partial charge in [-0.05, 0) is 31.4 Å². The Bertz CT molecular complexity index is 226. The molecule has 0 amide bonds. The van der Waals surface area contributed by atoms with Crippen LogP contribution in [0.4, 0.5) is 13.2 Å². The van der Waals surface area contributed by atoms with Crippen LogP contribution in [0.2, 0.25) is 0 Å². The molecule has 0 bridgehead atoms. The van der Waals surface area contributed by atoms with Crippen LogP contribution < -0.4 is 5.32 Å². The molecule has 16 heavy (non-hydrogen) atoms. The average Bonchev–Trinajstić information content (AvgIpc) is 2.23. The molecule has 0 aromatic carbocycles. The van der Waals surface area contributed by atoms with Crippen LogP contribution in [0.5, 0.6) is 0 Å². The van der Waals surface area contributed by atoms with Gasteiger partial charge in [0.15, 0.2) is 0 Å². The Labute approximate surface area is 93.9 Å². The monoisotopic (exact) mass is 237 g/mol. The average molecular weight is 237 g/mol. The molecule has 0 saturated carbocycles. The van der Waals surface area contributed by atoms with Gasteiger partial charge in [-0.25, -0.2) is 0 Å². The number of unbranched alkanes of at least 4 members (excludes halogenated alkanes) is 1. The molecule has 0 radical (unpaired) electrons. The highest BCUT2D eigenvalue weighted by Crippen LogP contribution is 2.21. The third-order valence-corrected chi connectivity index (χ3v) is 2.40. The van der Waals surface area contributed by atoms with Gasteiger partial charge in [0.25, 0.3) is 0 Å². The zero-order valence-corrected chi connectivity index (χ0v) is 9.28. The van der Waals surface area contributed by atoms with E-state index in [0.29, 0.717) is 19.6 Å². The minimum Gasteiger partial charge on any atom is -0.377 e. The standard InChI is InChI=1S/C11H18F3NO/c12-11(13,14)5-1-2-6-15-8-10-4-3-7-16-9-10/h4,15H,1-3,5-9H2. The highest BCUT2D eigenvalue weighted by molar-refractivity contribution is 5.06. The fourth-order valence-electron chi connectivity index (χ4n) is 1.56. The van der Waals surface area contributed by atoms with E-state index >= 15 is 0 Å². The van der Waals surface area contributed by atoms with E-state index in [4.69, 9.17) is 4.74 Å². The molecule has 0 atom stereocenters. The van der Waals surface area contributed by atoms with Crippen molar-refractivity contribution in [1.29, 1.82) is 0 Å². The first-order valence-corrected chi connectivity index (χ1v) is 5.61. The summed E-state index contributed by atoms with van der Waals surface area (Å²) in [4.78, 5) is 0. The topological polar surface area (TPSA) is 21.3 Å². The van der Waals surface area contributed by atoms with Crippen molar-refractivity contribution in [2.45, 2.75) is 31.9 Å². The maximum Gasteiger partial charge on any atom is 0.389 e. The van der Waals surface area contributed by atoms with Gasteiger partial charge in [-0.2, -0.15) is 13.2 Å². The van der Waals surface area contributed by atoms with Crippen molar-refractivity contribution in [1.82, 2.24) is 5.32 Å². The first kappa shape index (κ1) is 13.5. The van der Waals surface area contributed by atoms with Gasteiger partial charge in [0.05, 0.1) is 13.2 Å². The van der Waals surface area contributed by atoms with Crippen LogP contribution >= 0.6 is 0 Å². The second kappa shape index (κ2) is 6.91. The zero-order chi connectivity index (χ0) is 11.9. The molecular formula is C11H18F3NO. The lowest BCUT2D eigenvalue weighted by Crippen LogP contribution is -2.22. The van der Waals surface area contributed by atoms with Crippen molar-refractivity contribution < 1.29 is 17.9 Å². The summed E-state index contributed by atoms with van der Waals surface area (Å²) in [7, 11) is 0. The molecule has 5 heteroatoms. The molecule has 1 heterocycles. The molecule has 0 spiro atoms. The number of hydrogen-bond donors (Lipinski definition) is 1. The summed E-state index contributed by atoms with van der Waals surface area (Å²) in [6, 6.07) is 0. The SMILES string of the molecule is FC(F)(F)CCCCNCC1=CCCOC1. The minimum absolute atomic E-state index is 0.200. The maximum atomic E-state index is 11.8. The van der Waals surface area contributed by atoms with E-state index in [-0.39, 0.29) is 6.42 Å². The molecule has 1 N–H and O–H groups in total. The Kier molecular flexibility index (Phi) is 5.84. The van der Waals surface area contributed by atoms with Gasteiger partial charge < -0.3 is 10.1 Å². The molecule has 0 unspecified atom stereocenters. The third kappa shape index (κ3) is 6.85. The summed E-state index contributed by atoms with van der Waals surface area (Å²) >= 11 is 0. The van der Waals surface area contributed by atoms with E-state index in [1.807, 2.05) is 0 Å². The largest absolute Gasteiger partial charge is 0.389 e. The van der Waals surface area contributed by atoms with E-state index < -0.39 is 12.6 Å². The lowest BCUT2D eigenvalue weighted by Gasteiger charge is -2.14. The van der Waals surface area contributed by atoms with E-state index in [2.05, 4.69) is 11.4 Å². The number of rotatable bonds is 6. The molecule has 1 rings (SSSR count). The van der Waals surface area contributed by atoms with Crippen LogP contribution in [-0.4, -0.2) is 32.5 Å². The fraction of sp³-hybridized carbons (Fsp3) is 0.818. The van der Waals surface area contributed by atoms with Crippen molar-refractivity contribution in [2.24, 2.45) is 0 Å². The lowest BCUT2D eigenvalue weighted by atomic mass is 10.2. The van der Waals surface area contributed by atoms with Crippen molar-refractivity contribution in [2.75, 3.05) is 26.3 Å². The van der Waals surface area contributed by atoms with Gasteiger partial charge in [-0.1, -0.05) is 6.08 Å². The van der Waals surface area contributed by atoms with E-state index in [9.17, 15) is 13.2 Å². The van der Waals surface area contributed by atoms with Crippen LogP contribution in [0.3, 0.4) is 0 Å². The van der Waals surface area contributed by atoms with Crippen molar-refractivity contribution in [3.8, 4) is 0 Å². The van der Waals surface area contributed by atoms with Crippen molar-refractivity contribution in [3.05, 3.63) is 11.6 Å². The van der Waals surface area contributed by atoms with Crippen LogP contribution in [0.25, 0.3) is 0 Å². The maximum absolute atomic E-state index is 11.8. The van der Waals surface area contributed by atoms with Crippen LogP contribution in [0.1, 0.15) is 25.7 Å². The van der Waals surface area contributed by atoms with Crippen LogP contribution in [0, 0.1) is 0 Å². The molecule has 94 valence electrons. The number of nitrogens with one attached hydrogen (secondary N) is 1. The summed E-state index contributed by atoms with van der Waals surface area (Å²) in [5, 5.41) is 3.13. The lowest BCUT2D eigenvalue weighted by molar-refractivity contribution is -0.135. The summed E-state index contributed by atoms with van der Waals surface area (Å²) < 4.78 is 40.7. The Hall–Kier alpha value is -0.550. The second-order valence-corrected chi connectivity index (χ2v) is 3.95. The molecule has 1 aliphatic heterocycles. The Balaban J connectivity index is 1.94. The van der Waals surface area contributed by atoms with Gasteiger partial charge in [0, 0.05) is 13.0 Å². The molecule has 0 fully saturated rings. The van der Waals surface area contributed by atoms with E-state index in [1.165, 1.54) is 5.57 Å². The molecule has 0 aromatic rings. The number of ether oxygens (including phenoxy) is 1. The third-order valence-electron chi connectivity index (χ3n) is 2.40. The summed E-state index contributed by atoms with van der Waals surface area (Å²) in [6.07, 6.45) is -0.864. The van der Waals surface area contributed by atoms with Gasteiger partial charge in [0.2, 0.25) is 0 Å². The van der Waals surface area contributed by atoms with Gasteiger partial charge in [0.1, 0.15) is 0 Å². The highest BCUT2D eigenvalue weighted by Gasteiger charge is 2.25. The molecule has 0 aromatic heterocycles. The van der Waals surface area contributed by atoms with E-state index in [1.54, 1.807) is 0 Å². The highest BCUT2D eigenvalue weighted by atomic mass is 19.4. The Morgan fingerprint density at radius 1 is 1.31 bits per heavy atom. The van der Waals surface area contributed by atoms with Gasteiger partial charge >= 0.3 is 6.18 Å². The first-order valence-electron chi connectivity index (χ1n) is 5.61. The minimum atomic E-state index is -4.01. The van der Waals surface area contributed by atoms with Gasteiger partial charge in [-0.15, -0.1) is 0 Å². The zero-order valence-electron chi connectivity index (χ0n) is 9.28. The summed E-state index contributed by atoms with van der Waals surface area (Å²) in [5.74, 6) is 0. The van der Waals surface area contributed by atoms with Gasteiger partial charge in [-0.3, -0.25) is 0 Å². The number of alkyl halides is 3. The molecule has 2 nitrogen and oxygen atoms in total. The van der Waals surface area contributed by atoms with E-state index in [0.717, 1.165) is 19.6 Å². The molecule has 0 aliphatic carbocycles. The molecule has 0 saturated heterocycles.